The van der Waals surface area contributed by atoms with Crippen LogP contribution in [0.4, 0.5) is 11.4 Å². The molecule has 0 atom stereocenters. The maximum absolute atomic E-state index is 4.40. The van der Waals surface area contributed by atoms with Crippen LogP contribution in [-0.4, -0.2) is 5.84 Å². The fourth-order valence-corrected chi connectivity index (χ4v) is 2.36. The topological polar surface area (TPSA) is 49.1 Å². The number of para-hydroxylation sites is 1. The Hall–Kier alpha value is -2.79. The maximum Gasteiger partial charge on any atom is 0.201 e. The number of hydrazone groups is 1. The van der Waals surface area contributed by atoms with Gasteiger partial charge in [-0.2, -0.15) is 5.10 Å². The molecule has 0 bridgehead atoms. The minimum absolute atomic E-state index is 0.509. The Labute approximate surface area is 149 Å². The van der Waals surface area contributed by atoms with Gasteiger partial charge in [-0.05, 0) is 40.2 Å². The Morgan fingerprint density at radius 2 is 1.38 bits per heavy atom. The third-order valence-electron chi connectivity index (χ3n) is 3.20. The van der Waals surface area contributed by atoms with Gasteiger partial charge in [-0.25, -0.2) is 0 Å². The lowest BCUT2D eigenvalue weighted by molar-refractivity contribution is 1.22. The number of nitrogens with one attached hydrogen (secondary N) is 1. The second-order valence-corrected chi connectivity index (χ2v) is 5.79. The summed E-state index contributed by atoms with van der Waals surface area (Å²) in [5, 5.41) is 13.0. The van der Waals surface area contributed by atoms with Crippen molar-refractivity contribution in [2.45, 2.75) is 0 Å². The second-order valence-electron chi connectivity index (χ2n) is 4.93. The Kier molecular flexibility index (Phi) is 5.48. The Morgan fingerprint density at radius 1 is 0.750 bits per heavy atom. The number of nitrogens with zero attached hydrogens (tertiary/aromatic N) is 3. The Balaban J connectivity index is 1.89. The molecule has 5 heteroatoms. The third-order valence-corrected chi connectivity index (χ3v) is 3.87. The van der Waals surface area contributed by atoms with Gasteiger partial charge in [-0.3, -0.25) is 5.43 Å². The molecule has 24 heavy (non-hydrogen) atoms. The Morgan fingerprint density at radius 3 is 2.08 bits per heavy atom. The number of hydrogen-bond donors (Lipinski definition) is 1. The van der Waals surface area contributed by atoms with E-state index in [4.69, 9.17) is 0 Å². The van der Waals surface area contributed by atoms with Crippen molar-refractivity contribution >= 4 is 33.1 Å². The first kappa shape index (κ1) is 16.1. The van der Waals surface area contributed by atoms with E-state index in [0.717, 1.165) is 21.4 Å². The van der Waals surface area contributed by atoms with Gasteiger partial charge in [0.2, 0.25) is 5.84 Å². The third kappa shape index (κ3) is 4.36. The monoisotopic (exact) mass is 378 g/mol. The van der Waals surface area contributed by atoms with E-state index in [-0.39, 0.29) is 0 Å². The van der Waals surface area contributed by atoms with Gasteiger partial charge in [0, 0.05) is 10.0 Å². The quantitative estimate of drug-likeness (QED) is 0.257. The van der Waals surface area contributed by atoms with E-state index in [9.17, 15) is 0 Å². The smallest absolute Gasteiger partial charge is 0.201 e. The van der Waals surface area contributed by atoms with Gasteiger partial charge < -0.3 is 0 Å². The summed E-state index contributed by atoms with van der Waals surface area (Å²) >= 11 is 3.47. The van der Waals surface area contributed by atoms with Gasteiger partial charge in [-0.15, -0.1) is 10.2 Å². The van der Waals surface area contributed by atoms with E-state index in [0.29, 0.717) is 5.84 Å². The molecule has 3 aromatic carbocycles. The minimum Gasteiger partial charge on any atom is -0.276 e. The Bertz CT molecular complexity index is 846. The van der Waals surface area contributed by atoms with Crippen molar-refractivity contribution in [2.75, 3.05) is 5.43 Å². The van der Waals surface area contributed by atoms with E-state index in [1.54, 1.807) is 0 Å². The van der Waals surface area contributed by atoms with Crippen LogP contribution in [0.2, 0.25) is 0 Å². The highest BCUT2D eigenvalue weighted by molar-refractivity contribution is 9.10. The fourth-order valence-electron chi connectivity index (χ4n) is 2.00. The van der Waals surface area contributed by atoms with Crippen LogP contribution in [0.3, 0.4) is 0 Å². The average molecular weight is 379 g/mol. The number of amidine groups is 1. The summed E-state index contributed by atoms with van der Waals surface area (Å²) < 4.78 is 0.886. The summed E-state index contributed by atoms with van der Waals surface area (Å²) in [6.45, 7) is 0. The molecule has 3 rings (SSSR count). The number of azo groups is 1. The molecule has 0 radical (unpaired) electrons. The molecule has 3 aromatic rings. The molecule has 0 saturated carbocycles. The summed E-state index contributed by atoms with van der Waals surface area (Å²) in [4.78, 5) is 0. The highest BCUT2D eigenvalue weighted by Crippen LogP contribution is 2.25. The van der Waals surface area contributed by atoms with Crippen LogP contribution in [0.25, 0.3) is 0 Å². The summed E-state index contributed by atoms with van der Waals surface area (Å²) in [6.07, 6.45) is 0. The van der Waals surface area contributed by atoms with Gasteiger partial charge >= 0.3 is 0 Å². The van der Waals surface area contributed by atoms with Crippen molar-refractivity contribution in [3.8, 4) is 0 Å². The van der Waals surface area contributed by atoms with E-state index in [1.165, 1.54) is 0 Å². The molecule has 0 aliphatic rings. The molecule has 0 heterocycles. The van der Waals surface area contributed by atoms with Crippen molar-refractivity contribution in [3.05, 3.63) is 95.0 Å². The molecule has 1 N–H and O–H groups in total. The maximum atomic E-state index is 4.40. The lowest BCUT2D eigenvalue weighted by Gasteiger charge is -2.03. The first-order valence-electron chi connectivity index (χ1n) is 7.43. The van der Waals surface area contributed by atoms with Crippen molar-refractivity contribution in [3.63, 3.8) is 0 Å². The normalized spacial score (nSPS) is 11.6. The zero-order valence-electron chi connectivity index (χ0n) is 12.8. The number of benzene rings is 3. The van der Waals surface area contributed by atoms with Gasteiger partial charge in [-0.1, -0.05) is 60.7 Å². The molecule has 118 valence electrons. The van der Waals surface area contributed by atoms with Crippen molar-refractivity contribution in [1.29, 1.82) is 0 Å². The van der Waals surface area contributed by atoms with Gasteiger partial charge in [0.15, 0.2) is 0 Å². The van der Waals surface area contributed by atoms with Crippen LogP contribution in [0, 0.1) is 0 Å². The molecule has 0 amide bonds. The van der Waals surface area contributed by atoms with Crippen molar-refractivity contribution < 1.29 is 0 Å². The molecule has 0 spiro atoms. The number of rotatable bonds is 4. The molecule has 0 aliphatic carbocycles. The predicted octanol–water partition coefficient (Wildman–Crippen LogP) is 6.01. The molecule has 0 unspecified atom stereocenters. The molecule has 4 nitrogen and oxygen atoms in total. The first-order valence-corrected chi connectivity index (χ1v) is 8.23. The second kappa shape index (κ2) is 8.17. The number of anilines is 1. The highest BCUT2D eigenvalue weighted by Gasteiger charge is 2.03. The highest BCUT2D eigenvalue weighted by atomic mass is 79.9. The molecule has 0 saturated heterocycles. The fraction of sp³-hybridized carbons (Fsp3) is 0. The summed E-state index contributed by atoms with van der Waals surface area (Å²) in [5.74, 6) is 0.509. The van der Waals surface area contributed by atoms with Gasteiger partial charge in [0.05, 0.1) is 11.4 Å². The SMILES string of the molecule is Brc1ccccc1N=N/C(=N/Nc1ccccc1)c1ccccc1. The summed E-state index contributed by atoms with van der Waals surface area (Å²) in [5.41, 5.74) is 5.54. The summed E-state index contributed by atoms with van der Waals surface area (Å²) in [7, 11) is 0. The van der Waals surface area contributed by atoms with E-state index in [2.05, 4.69) is 36.7 Å². The average Bonchev–Trinajstić information content (AvgIpc) is 2.65. The first-order chi connectivity index (χ1) is 11.8. The number of halogens is 1. The van der Waals surface area contributed by atoms with Gasteiger partial charge in [0.25, 0.3) is 0 Å². The van der Waals surface area contributed by atoms with Crippen LogP contribution in [-0.2, 0) is 0 Å². The van der Waals surface area contributed by atoms with Crippen LogP contribution < -0.4 is 5.43 Å². The summed E-state index contributed by atoms with van der Waals surface area (Å²) in [6, 6.07) is 27.1. The molecule has 0 aliphatic heterocycles. The zero-order chi connectivity index (χ0) is 16.6. The van der Waals surface area contributed by atoms with Crippen LogP contribution >= 0.6 is 15.9 Å². The van der Waals surface area contributed by atoms with E-state index < -0.39 is 0 Å². The lowest BCUT2D eigenvalue weighted by atomic mass is 10.2. The van der Waals surface area contributed by atoms with E-state index >= 15 is 0 Å². The lowest BCUT2D eigenvalue weighted by Crippen LogP contribution is -2.00. The minimum atomic E-state index is 0.509. The van der Waals surface area contributed by atoms with Crippen LogP contribution in [0.15, 0.2) is 105 Å². The molecule has 0 fully saturated rings. The molecule has 0 aromatic heterocycles. The van der Waals surface area contributed by atoms with Crippen molar-refractivity contribution in [2.24, 2.45) is 15.3 Å². The standard InChI is InChI=1S/C19H15BrN4/c20-17-13-7-8-14-18(17)22-24-19(15-9-3-1-4-10-15)23-21-16-11-5-2-6-12-16/h1-14,21H/b23-19+,24-22?. The van der Waals surface area contributed by atoms with Crippen LogP contribution in [0.5, 0.6) is 0 Å². The van der Waals surface area contributed by atoms with Crippen LogP contribution in [0.1, 0.15) is 5.56 Å². The zero-order valence-corrected chi connectivity index (χ0v) is 14.4. The predicted molar refractivity (Wildman–Crippen MR) is 102 cm³/mol. The molecular formula is C19H15BrN4. The molecular weight excluding hydrogens is 364 g/mol. The number of hydrogen-bond acceptors (Lipinski definition) is 3. The van der Waals surface area contributed by atoms with Gasteiger partial charge in [0.1, 0.15) is 0 Å². The largest absolute Gasteiger partial charge is 0.276 e. The van der Waals surface area contributed by atoms with E-state index in [1.807, 2.05) is 84.9 Å². The van der Waals surface area contributed by atoms with Crippen molar-refractivity contribution in [1.82, 2.24) is 0 Å².